The summed E-state index contributed by atoms with van der Waals surface area (Å²) in [7, 11) is 0. The number of carbonyl (C=O) groups is 1. The Labute approximate surface area is 164 Å². The molecular weight excluding hydrogens is 384 g/mol. The minimum Gasteiger partial charge on any atom is -0.488 e. The second-order valence-corrected chi connectivity index (χ2v) is 6.06. The predicted molar refractivity (Wildman–Crippen MR) is 101 cm³/mol. The highest BCUT2D eigenvalue weighted by atomic mass is 16.6. The van der Waals surface area contributed by atoms with Crippen molar-refractivity contribution in [2.24, 2.45) is 0 Å². The van der Waals surface area contributed by atoms with E-state index in [1.165, 1.54) is 6.08 Å². The molecule has 0 aliphatic carbocycles. The van der Waals surface area contributed by atoms with E-state index in [1.54, 1.807) is 35.2 Å². The van der Waals surface area contributed by atoms with Gasteiger partial charge in [-0.25, -0.2) is 0 Å². The fraction of sp³-hybridized carbons (Fsp3) is 0.278. The molecule has 1 saturated heterocycles. The molecule has 29 heavy (non-hydrogen) atoms. The van der Waals surface area contributed by atoms with E-state index >= 15 is 0 Å². The molecule has 1 aromatic carbocycles. The van der Waals surface area contributed by atoms with Crippen LogP contribution in [-0.2, 0) is 9.53 Å². The number of hydrogen-bond donors (Lipinski definition) is 2. The molecule has 11 nitrogen and oxygen atoms in total. The smallest absolute Gasteiger partial charge is 0.395 e. The number of H-pyrrole nitrogens is 1. The van der Waals surface area contributed by atoms with Gasteiger partial charge in [0, 0.05) is 13.1 Å². The number of nitro groups is 1. The summed E-state index contributed by atoms with van der Waals surface area (Å²) >= 11 is 0. The van der Waals surface area contributed by atoms with Gasteiger partial charge < -0.3 is 24.5 Å². The SMILES string of the molecule is O=C(COc1ccc(/C=C\c2nc(O)c([N+](=O)[O-])c(=O)[nH]2)cc1)N1CCOCC1. The number of ether oxygens (including phenoxy) is 2. The molecule has 1 aliphatic rings. The maximum atomic E-state index is 12.1. The lowest BCUT2D eigenvalue weighted by Crippen LogP contribution is -2.42. The number of nitrogens with zero attached hydrogens (tertiary/aromatic N) is 3. The zero-order chi connectivity index (χ0) is 20.8. The zero-order valence-corrected chi connectivity index (χ0v) is 15.2. The molecule has 2 heterocycles. The molecule has 1 aliphatic heterocycles. The molecule has 2 aromatic rings. The van der Waals surface area contributed by atoms with Crippen molar-refractivity contribution >= 4 is 23.7 Å². The van der Waals surface area contributed by atoms with Crippen molar-refractivity contribution in [3.8, 4) is 11.6 Å². The van der Waals surface area contributed by atoms with Crippen molar-refractivity contribution in [2.45, 2.75) is 0 Å². The summed E-state index contributed by atoms with van der Waals surface area (Å²) < 4.78 is 10.7. The lowest BCUT2D eigenvalue weighted by atomic mass is 10.2. The minimum absolute atomic E-state index is 0.0328. The van der Waals surface area contributed by atoms with Gasteiger partial charge in [0.2, 0.25) is 0 Å². The van der Waals surface area contributed by atoms with Crippen molar-refractivity contribution in [3.63, 3.8) is 0 Å². The average molecular weight is 402 g/mol. The van der Waals surface area contributed by atoms with Gasteiger partial charge in [-0.2, -0.15) is 4.98 Å². The Balaban J connectivity index is 1.59. The highest BCUT2D eigenvalue weighted by molar-refractivity contribution is 5.77. The number of aromatic hydroxyl groups is 1. The van der Waals surface area contributed by atoms with Crippen molar-refractivity contribution in [2.75, 3.05) is 32.9 Å². The largest absolute Gasteiger partial charge is 0.488 e. The first-order chi connectivity index (χ1) is 13.9. The lowest BCUT2D eigenvalue weighted by Gasteiger charge is -2.26. The van der Waals surface area contributed by atoms with Crippen LogP contribution in [-0.4, -0.2) is 63.7 Å². The number of rotatable bonds is 6. The zero-order valence-electron chi connectivity index (χ0n) is 15.2. The summed E-state index contributed by atoms with van der Waals surface area (Å²) in [5, 5.41) is 20.2. The summed E-state index contributed by atoms with van der Waals surface area (Å²) in [6.07, 6.45) is 2.98. The summed E-state index contributed by atoms with van der Waals surface area (Å²) in [6, 6.07) is 6.79. The van der Waals surface area contributed by atoms with Gasteiger partial charge in [-0.15, -0.1) is 0 Å². The van der Waals surface area contributed by atoms with Crippen molar-refractivity contribution in [3.05, 3.63) is 56.1 Å². The molecular formula is C18H18N4O7. The highest BCUT2D eigenvalue weighted by Crippen LogP contribution is 2.18. The number of amides is 1. The Bertz CT molecular complexity index is 979. The quantitative estimate of drug-likeness (QED) is 0.532. The van der Waals surface area contributed by atoms with E-state index in [0.29, 0.717) is 32.1 Å². The van der Waals surface area contributed by atoms with Crippen LogP contribution in [0.5, 0.6) is 11.6 Å². The fourth-order valence-electron chi connectivity index (χ4n) is 2.61. The van der Waals surface area contributed by atoms with Crippen molar-refractivity contribution in [1.82, 2.24) is 14.9 Å². The molecule has 1 aromatic heterocycles. The first-order valence-corrected chi connectivity index (χ1v) is 8.68. The van der Waals surface area contributed by atoms with Crippen molar-refractivity contribution < 1.29 is 24.3 Å². The third-order valence-corrected chi connectivity index (χ3v) is 4.12. The Morgan fingerprint density at radius 1 is 1.31 bits per heavy atom. The van der Waals surface area contributed by atoms with Gasteiger partial charge in [-0.1, -0.05) is 18.2 Å². The van der Waals surface area contributed by atoms with E-state index in [9.17, 15) is 24.8 Å². The molecule has 0 atom stereocenters. The number of hydrogen-bond acceptors (Lipinski definition) is 8. The van der Waals surface area contributed by atoms with Crippen LogP contribution in [0.2, 0.25) is 0 Å². The van der Waals surface area contributed by atoms with Crippen LogP contribution >= 0.6 is 0 Å². The summed E-state index contributed by atoms with van der Waals surface area (Å²) in [5.74, 6) is -0.574. The Morgan fingerprint density at radius 2 is 2.00 bits per heavy atom. The van der Waals surface area contributed by atoms with Gasteiger partial charge in [0.1, 0.15) is 11.6 Å². The first-order valence-electron chi connectivity index (χ1n) is 8.68. The Kier molecular flexibility index (Phi) is 6.19. The lowest BCUT2D eigenvalue weighted by molar-refractivity contribution is -0.387. The number of aromatic nitrogens is 2. The molecule has 1 amide bonds. The monoisotopic (exact) mass is 402 g/mol. The molecule has 0 radical (unpaired) electrons. The van der Waals surface area contributed by atoms with Crippen LogP contribution in [0.25, 0.3) is 12.2 Å². The van der Waals surface area contributed by atoms with Gasteiger partial charge >= 0.3 is 11.2 Å². The van der Waals surface area contributed by atoms with Crippen molar-refractivity contribution in [1.29, 1.82) is 0 Å². The topological polar surface area (TPSA) is 148 Å². The van der Waals surface area contributed by atoms with Gasteiger partial charge in [-0.3, -0.25) is 19.7 Å². The van der Waals surface area contributed by atoms with Crippen LogP contribution in [0.4, 0.5) is 5.69 Å². The molecule has 11 heteroatoms. The maximum absolute atomic E-state index is 12.1. The van der Waals surface area contributed by atoms with Gasteiger partial charge in [-0.05, 0) is 23.8 Å². The maximum Gasteiger partial charge on any atom is 0.395 e. The molecule has 2 N–H and O–H groups in total. The van der Waals surface area contributed by atoms with E-state index in [0.717, 1.165) is 5.56 Å². The summed E-state index contributed by atoms with van der Waals surface area (Å²) in [5.41, 5.74) is -1.33. The first kappa shape index (κ1) is 20.0. The van der Waals surface area contributed by atoms with Crippen LogP contribution in [0.15, 0.2) is 29.1 Å². The Morgan fingerprint density at radius 3 is 2.62 bits per heavy atom. The normalized spacial score (nSPS) is 14.1. The van der Waals surface area contributed by atoms with Gasteiger partial charge in [0.05, 0.1) is 18.1 Å². The third kappa shape index (κ3) is 5.17. The standard InChI is InChI=1S/C18H18N4O7/c23-15(21-7-9-28-10-8-21)11-29-13-4-1-12(2-5-13)3-6-14-19-17(24)16(22(26)27)18(25)20-14/h1-6H,7-11H2,(H2,19,20,24,25)/b6-3-. The molecule has 0 spiro atoms. The summed E-state index contributed by atoms with van der Waals surface area (Å²) in [4.78, 5) is 40.8. The average Bonchev–Trinajstić information content (AvgIpc) is 2.71. The number of nitrogens with one attached hydrogen (secondary N) is 1. The third-order valence-electron chi connectivity index (χ3n) is 4.12. The van der Waals surface area contributed by atoms with Gasteiger partial charge in [0.15, 0.2) is 6.61 Å². The molecule has 0 unspecified atom stereocenters. The highest BCUT2D eigenvalue weighted by Gasteiger charge is 2.21. The molecule has 1 fully saturated rings. The number of aromatic amines is 1. The second kappa shape index (κ2) is 8.97. The minimum atomic E-state index is -1.05. The number of morpholine rings is 1. The van der Waals surface area contributed by atoms with E-state index in [1.807, 2.05) is 0 Å². The van der Waals surface area contributed by atoms with E-state index < -0.39 is 22.0 Å². The molecule has 3 rings (SSSR count). The van der Waals surface area contributed by atoms with E-state index in [4.69, 9.17) is 9.47 Å². The van der Waals surface area contributed by atoms with Crippen LogP contribution in [0, 0.1) is 10.1 Å². The molecule has 152 valence electrons. The Hall–Kier alpha value is -3.73. The van der Waals surface area contributed by atoms with E-state index in [-0.39, 0.29) is 18.3 Å². The van der Waals surface area contributed by atoms with Crippen LogP contribution in [0.3, 0.4) is 0 Å². The predicted octanol–water partition coefficient (Wildman–Crippen LogP) is 0.792. The van der Waals surface area contributed by atoms with Gasteiger partial charge in [0.25, 0.3) is 11.8 Å². The summed E-state index contributed by atoms with van der Waals surface area (Å²) in [6.45, 7) is 2.10. The van der Waals surface area contributed by atoms with E-state index in [2.05, 4.69) is 9.97 Å². The van der Waals surface area contributed by atoms with Crippen LogP contribution in [0.1, 0.15) is 11.4 Å². The molecule has 0 saturated carbocycles. The number of carbonyl (C=O) groups excluding carboxylic acids is 1. The molecule has 0 bridgehead atoms. The fourth-order valence-corrected chi connectivity index (χ4v) is 2.61. The second-order valence-electron chi connectivity index (χ2n) is 6.06. The number of benzene rings is 1. The van der Waals surface area contributed by atoms with Crippen LogP contribution < -0.4 is 10.3 Å².